The summed E-state index contributed by atoms with van der Waals surface area (Å²) in [6.45, 7) is 1.70. The Morgan fingerprint density at radius 3 is 2.98 bits per heavy atom. The van der Waals surface area contributed by atoms with Crippen molar-refractivity contribution in [3.8, 4) is 17.3 Å². The molecule has 1 aliphatic carbocycles. The molecule has 4 atom stereocenters. The van der Waals surface area contributed by atoms with Crippen molar-refractivity contribution in [1.82, 2.24) is 30.0 Å². The smallest absolute Gasteiger partial charge is 0.462 e. The highest BCUT2D eigenvalue weighted by atomic mass is 35.5. The second-order valence-electron chi connectivity index (χ2n) is 11.9. The summed E-state index contributed by atoms with van der Waals surface area (Å²) in [7, 11) is 2.12. The van der Waals surface area contributed by atoms with E-state index < -0.39 is 18.1 Å². The van der Waals surface area contributed by atoms with Gasteiger partial charge in [-0.15, -0.1) is 0 Å². The molecule has 4 aromatic rings. The molecular formula is C30H31ClFN7O5. The first kappa shape index (κ1) is 27.7. The first-order valence-electron chi connectivity index (χ1n) is 15.0. The number of H-pyrrole nitrogens is 1. The molecule has 0 unspecified atom stereocenters. The van der Waals surface area contributed by atoms with E-state index in [1.54, 1.807) is 18.5 Å². The normalized spacial score (nSPS) is 25.5. The average molecular weight is 624 g/mol. The number of nitrogens with zero attached hydrogens (tertiary/aromatic N) is 6. The van der Waals surface area contributed by atoms with Gasteiger partial charge in [0.2, 0.25) is 0 Å². The van der Waals surface area contributed by atoms with Crippen LogP contribution in [-0.2, 0) is 20.6 Å². The van der Waals surface area contributed by atoms with Gasteiger partial charge >= 0.3 is 12.2 Å². The van der Waals surface area contributed by atoms with Gasteiger partial charge in [0.1, 0.15) is 29.7 Å². The van der Waals surface area contributed by atoms with E-state index in [-0.39, 0.29) is 43.0 Å². The van der Waals surface area contributed by atoms with Crippen molar-refractivity contribution in [3.63, 3.8) is 0 Å². The summed E-state index contributed by atoms with van der Waals surface area (Å²) in [6, 6.07) is 2.68. The maximum Gasteiger partial charge on any atom is 0.508 e. The summed E-state index contributed by atoms with van der Waals surface area (Å²) in [5, 5.41) is 8.58. The van der Waals surface area contributed by atoms with Gasteiger partial charge in [-0.25, -0.2) is 9.18 Å². The first-order chi connectivity index (χ1) is 21.4. The minimum Gasteiger partial charge on any atom is -0.462 e. The van der Waals surface area contributed by atoms with Crippen LogP contribution in [0.3, 0.4) is 0 Å². The van der Waals surface area contributed by atoms with Gasteiger partial charge < -0.3 is 23.8 Å². The summed E-state index contributed by atoms with van der Waals surface area (Å²) >= 11 is 6.75. The Balaban J connectivity index is 1.29. The number of hydrogen-bond acceptors (Lipinski definition) is 11. The Morgan fingerprint density at radius 2 is 2.11 bits per heavy atom. The van der Waals surface area contributed by atoms with Crippen LogP contribution in [0.1, 0.15) is 24.8 Å². The number of carbonyl (C=O) groups is 1. The molecule has 2 saturated heterocycles. The molecule has 14 heteroatoms. The summed E-state index contributed by atoms with van der Waals surface area (Å²) in [6.07, 6.45) is 4.90. The van der Waals surface area contributed by atoms with Crippen LogP contribution in [0.25, 0.3) is 33.1 Å². The highest BCUT2D eigenvalue weighted by Crippen LogP contribution is 2.47. The van der Waals surface area contributed by atoms with E-state index in [9.17, 15) is 4.79 Å². The summed E-state index contributed by atoms with van der Waals surface area (Å²) in [4.78, 5) is 30.9. The summed E-state index contributed by atoms with van der Waals surface area (Å²) in [5.41, 5.74) is 1.99. The van der Waals surface area contributed by atoms with Gasteiger partial charge in [0.25, 0.3) is 0 Å². The zero-order valence-corrected chi connectivity index (χ0v) is 24.8. The van der Waals surface area contributed by atoms with Gasteiger partial charge in [0, 0.05) is 40.8 Å². The van der Waals surface area contributed by atoms with Crippen LogP contribution in [-0.4, -0.2) is 101 Å². The molecule has 1 aromatic carbocycles. The number of ether oxygens (including phenoxy) is 4. The van der Waals surface area contributed by atoms with Gasteiger partial charge in [0.15, 0.2) is 5.82 Å². The fraction of sp³-hybridized carbons (Fsp3) is 0.500. The quantitative estimate of drug-likeness (QED) is 0.331. The van der Waals surface area contributed by atoms with Gasteiger partial charge in [-0.05, 0) is 50.3 Å². The number of anilines is 1. The molecule has 6 bridgehead atoms. The summed E-state index contributed by atoms with van der Waals surface area (Å²) in [5.74, 6) is 0.524. The molecule has 9 rings (SSSR count). The van der Waals surface area contributed by atoms with E-state index in [4.69, 9.17) is 35.5 Å². The van der Waals surface area contributed by atoms with Crippen LogP contribution < -0.4 is 9.64 Å². The number of aromatic nitrogens is 5. The number of pyridine rings is 1. The molecule has 1 saturated carbocycles. The van der Waals surface area contributed by atoms with Crippen molar-refractivity contribution in [2.24, 2.45) is 5.92 Å². The molecule has 0 radical (unpaired) electrons. The number of likely N-dealkylation sites (tertiary alicyclic amines) is 1. The number of fused-ring (bicyclic) bond motifs is 8. The fourth-order valence-corrected chi connectivity index (χ4v) is 7.16. The molecule has 1 N–H and O–H groups in total. The van der Waals surface area contributed by atoms with Crippen molar-refractivity contribution in [3.05, 3.63) is 34.9 Å². The van der Waals surface area contributed by atoms with E-state index in [0.717, 1.165) is 6.42 Å². The molecule has 0 spiro atoms. The molecule has 4 aliphatic heterocycles. The summed E-state index contributed by atoms with van der Waals surface area (Å²) < 4.78 is 39.8. The lowest BCUT2D eigenvalue weighted by atomic mass is 9.95. The number of carbonyl (C=O) groups excluding carboxylic acids is 1. The van der Waals surface area contributed by atoms with Crippen LogP contribution in [0.2, 0.25) is 5.02 Å². The van der Waals surface area contributed by atoms with Crippen LogP contribution in [0, 0.1) is 11.7 Å². The van der Waals surface area contributed by atoms with E-state index in [1.165, 1.54) is 6.42 Å². The SMILES string of the molecule is CN1[C@H](COc2nc3c4cnc(c(F)c4n2)-c2c(c(Cl)cc4[nH]ncc24)CCCOC(=O)O[C@@H]2COCCN3C2)C[C@@H]2C[C@@H]21. The zero-order valence-electron chi connectivity index (χ0n) is 24.1. The van der Waals surface area contributed by atoms with E-state index in [0.29, 0.717) is 82.8 Å². The number of piperidine rings is 1. The maximum absolute atomic E-state index is 16.9. The van der Waals surface area contributed by atoms with Crippen LogP contribution >= 0.6 is 11.6 Å². The number of aromatic amines is 1. The van der Waals surface area contributed by atoms with Gasteiger partial charge in [-0.1, -0.05) is 11.6 Å². The molecule has 7 heterocycles. The van der Waals surface area contributed by atoms with Crippen LogP contribution in [0.4, 0.5) is 15.0 Å². The zero-order chi connectivity index (χ0) is 29.9. The molecule has 230 valence electrons. The largest absolute Gasteiger partial charge is 0.508 e. The van der Waals surface area contributed by atoms with Crippen LogP contribution in [0.15, 0.2) is 18.5 Å². The number of likely N-dealkylation sites (N-methyl/N-ethyl adjacent to an activating group) is 1. The third kappa shape index (κ3) is 4.87. The fourth-order valence-electron chi connectivity index (χ4n) is 6.86. The van der Waals surface area contributed by atoms with E-state index in [1.807, 2.05) is 4.90 Å². The Labute approximate surface area is 256 Å². The number of nitrogens with one attached hydrogen (secondary N) is 1. The molecule has 0 amide bonds. The van der Waals surface area contributed by atoms with Gasteiger partial charge in [-0.2, -0.15) is 15.1 Å². The number of benzene rings is 1. The van der Waals surface area contributed by atoms with Crippen molar-refractivity contribution in [2.45, 2.75) is 43.9 Å². The van der Waals surface area contributed by atoms with E-state index >= 15 is 4.39 Å². The number of halogens is 2. The topological polar surface area (TPSA) is 128 Å². The predicted molar refractivity (Wildman–Crippen MR) is 159 cm³/mol. The Morgan fingerprint density at radius 1 is 1.20 bits per heavy atom. The number of hydrogen-bond donors (Lipinski definition) is 1. The Bertz CT molecular complexity index is 1770. The Hall–Kier alpha value is -3.81. The van der Waals surface area contributed by atoms with Crippen LogP contribution in [0.5, 0.6) is 6.01 Å². The number of rotatable bonds is 3. The van der Waals surface area contributed by atoms with Gasteiger partial charge in [-0.3, -0.25) is 15.0 Å². The maximum atomic E-state index is 16.9. The third-order valence-electron chi connectivity index (χ3n) is 9.23. The minimum atomic E-state index is -0.782. The Kier molecular flexibility index (Phi) is 6.91. The molecule has 44 heavy (non-hydrogen) atoms. The second kappa shape index (κ2) is 11.0. The van der Waals surface area contributed by atoms with E-state index in [2.05, 4.69) is 32.1 Å². The molecular weight excluding hydrogens is 593 g/mol. The van der Waals surface area contributed by atoms with Crippen molar-refractivity contribution in [1.29, 1.82) is 0 Å². The van der Waals surface area contributed by atoms with Crippen molar-refractivity contribution < 1.29 is 28.1 Å². The molecule has 5 aliphatic rings. The van der Waals surface area contributed by atoms with Gasteiger partial charge in [0.05, 0.1) is 43.5 Å². The predicted octanol–water partition coefficient (Wildman–Crippen LogP) is 4.14. The lowest BCUT2D eigenvalue weighted by molar-refractivity contribution is -0.00448. The standard InChI is InChI=1S/C30H31ClFN7O5/c1-38-16(7-15-8-23(15)38)13-43-29-35-26-20-10-33-27(25(26)32)24-18(21(31)9-22-19(24)11-34-37-22)3-2-5-42-30(40)44-17-12-39(28(20)36-29)4-6-41-14-17/h9-11,15-17,23H,2-8,12-14H2,1H3,(H,34,37)/t15-,16+,17+,23+/m1/s1. The third-order valence-corrected chi connectivity index (χ3v) is 9.57. The van der Waals surface area contributed by atoms with Crippen molar-refractivity contribution in [2.75, 3.05) is 51.5 Å². The van der Waals surface area contributed by atoms with Crippen molar-refractivity contribution >= 4 is 45.4 Å². The lowest BCUT2D eigenvalue weighted by Gasteiger charge is -2.26. The monoisotopic (exact) mass is 623 g/mol. The highest BCUT2D eigenvalue weighted by Gasteiger charge is 2.50. The second-order valence-corrected chi connectivity index (χ2v) is 12.4. The molecule has 3 aromatic heterocycles. The highest BCUT2D eigenvalue weighted by molar-refractivity contribution is 6.33. The minimum absolute atomic E-state index is 0.0699. The first-order valence-corrected chi connectivity index (χ1v) is 15.3. The molecule has 3 fully saturated rings. The molecule has 12 nitrogen and oxygen atoms in total. The lowest BCUT2D eigenvalue weighted by Crippen LogP contribution is -2.37. The average Bonchev–Trinajstić information content (AvgIpc) is 3.60.